The van der Waals surface area contributed by atoms with Gasteiger partial charge in [-0.25, -0.2) is 0 Å². The minimum atomic E-state index is 0.597. The topological polar surface area (TPSA) is 52.0 Å². The highest BCUT2D eigenvalue weighted by Gasteiger charge is 1.99. The van der Waals surface area contributed by atoms with Crippen LogP contribution in [0.5, 0.6) is 0 Å². The second kappa shape index (κ2) is 4.83. The number of aryl methyl sites for hydroxylation is 1. The van der Waals surface area contributed by atoms with Gasteiger partial charge >= 0.3 is 0 Å². The molecule has 1 aromatic rings. The highest BCUT2D eigenvalue weighted by Crippen LogP contribution is 2.20. The summed E-state index contributed by atoms with van der Waals surface area (Å²) in [5.74, 6) is 6.80. The molecule has 0 aromatic heterocycles. The molecule has 74 valence electrons. The van der Waals surface area contributed by atoms with Gasteiger partial charge in [0.1, 0.15) is 0 Å². The zero-order valence-corrected chi connectivity index (χ0v) is 9.07. The van der Waals surface area contributed by atoms with Crippen LogP contribution in [0, 0.1) is 18.8 Å². The van der Waals surface area contributed by atoms with Crippen LogP contribution in [0.25, 0.3) is 0 Å². The Hall–Kier alpha value is -1.27. The first-order valence-corrected chi connectivity index (χ1v) is 5.03. The average Bonchev–Trinajstić information content (AvgIpc) is 2.14. The number of hydrogen-bond donors (Lipinski definition) is 3. The molecule has 0 radical (unpaired) electrons. The number of nitrogens with two attached hydrogens (primary N) is 2. The molecular weight excluding hydrogens is 192 g/mol. The van der Waals surface area contributed by atoms with Gasteiger partial charge in [-0.3, -0.25) is 0 Å². The molecule has 1 aromatic carbocycles. The maximum Gasteiger partial charge on any atom is 0.0578 e. The van der Waals surface area contributed by atoms with E-state index in [1.165, 1.54) is 0 Å². The van der Waals surface area contributed by atoms with Gasteiger partial charge in [-0.15, -0.1) is 0 Å². The van der Waals surface area contributed by atoms with Crippen LogP contribution in [0.15, 0.2) is 12.1 Å². The van der Waals surface area contributed by atoms with E-state index in [2.05, 4.69) is 24.5 Å². The summed E-state index contributed by atoms with van der Waals surface area (Å²) < 4.78 is 0. The Balaban J connectivity index is 2.97. The molecule has 3 heteroatoms. The Morgan fingerprint density at radius 1 is 1.36 bits per heavy atom. The van der Waals surface area contributed by atoms with Gasteiger partial charge in [0.2, 0.25) is 0 Å². The molecule has 0 aliphatic rings. The Morgan fingerprint density at radius 3 is 2.64 bits per heavy atom. The second-order valence-corrected chi connectivity index (χ2v) is 3.52. The van der Waals surface area contributed by atoms with Gasteiger partial charge in [0.15, 0.2) is 0 Å². The molecule has 0 atom stereocenters. The summed E-state index contributed by atoms with van der Waals surface area (Å²) in [4.78, 5) is 0. The largest absolute Gasteiger partial charge is 0.397 e. The molecule has 0 heterocycles. The second-order valence-electron chi connectivity index (χ2n) is 3.07. The molecule has 0 spiro atoms. The van der Waals surface area contributed by atoms with Gasteiger partial charge in [-0.05, 0) is 24.6 Å². The fourth-order valence-electron chi connectivity index (χ4n) is 1.12. The van der Waals surface area contributed by atoms with Crippen molar-refractivity contribution in [3.63, 3.8) is 0 Å². The van der Waals surface area contributed by atoms with Gasteiger partial charge in [-0.2, -0.15) is 12.6 Å². The van der Waals surface area contributed by atoms with E-state index in [0.717, 1.165) is 23.3 Å². The van der Waals surface area contributed by atoms with Gasteiger partial charge in [0, 0.05) is 17.7 Å². The van der Waals surface area contributed by atoms with Gasteiger partial charge < -0.3 is 11.5 Å². The Bertz CT molecular complexity index is 365. The zero-order chi connectivity index (χ0) is 10.6. The first kappa shape index (κ1) is 10.8. The van der Waals surface area contributed by atoms with Crippen molar-refractivity contribution < 1.29 is 0 Å². The van der Waals surface area contributed by atoms with Crippen molar-refractivity contribution >= 4 is 24.0 Å². The number of hydrogen-bond acceptors (Lipinski definition) is 3. The average molecular weight is 206 g/mol. The molecule has 0 amide bonds. The highest BCUT2D eigenvalue weighted by molar-refractivity contribution is 7.80. The molecule has 1 rings (SSSR count). The third kappa shape index (κ3) is 2.61. The van der Waals surface area contributed by atoms with E-state index in [-0.39, 0.29) is 0 Å². The maximum absolute atomic E-state index is 5.72. The number of anilines is 2. The zero-order valence-electron chi connectivity index (χ0n) is 8.17. The molecule has 0 aliphatic carbocycles. The molecule has 0 saturated carbocycles. The van der Waals surface area contributed by atoms with E-state index >= 15 is 0 Å². The third-order valence-electron chi connectivity index (χ3n) is 1.89. The molecule has 0 fully saturated rings. The summed E-state index contributed by atoms with van der Waals surface area (Å²) >= 11 is 4.08. The van der Waals surface area contributed by atoms with Gasteiger partial charge in [0.25, 0.3) is 0 Å². The van der Waals surface area contributed by atoms with Crippen molar-refractivity contribution in [3.8, 4) is 11.8 Å². The number of rotatable bonds is 1. The van der Waals surface area contributed by atoms with Crippen LogP contribution in [0.3, 0.4) is 0 Å². The van der Waals surface area contributed by atoms with Crippen molar-refractivity contribution in [2.45, 2.75) is 13.3 Å². The number of benzene rings is 1. The Morgan fingerprint density at radius 2 is 2.07 bits per heavy atom. The molecule has 0 aliphatic heterocycles. The minimum absolute atomic E-state index is 0.597. The first-order valence-electron chi connectivity index (χ1n) is 4.40. The van der Waals surface area contributed by atoms with Gasteiger partial charge in [-0.1, -0.05) is 11.8 Å². The molecule has 4 N–H and O–H groups in total. The summed E-state index contributed by atoms with van der Waals surface area (Å²) in [6.45, 7) is 1.93. The molecule has 0 bridgehead atoms. The maximum atomic E-state index is 5.72. The standard InChI is InChI=1S/C11H14N2S/c1-8-6-9(4-2-3-5-14)7-10(12)11(8)13/h6-7,14H,3,5,12-13H2,1H3. The fourth-order valence-corrected chi connectivity index (χ4v) is 1.23. The molecule has 2 nitrogen and oxygen atoms in total. The Kier molecular flexibility index (Phi) is 3.73. The normalized spacial score (nSPS) is 9.29. The van der Waals surface area contributed by atoms with Crippen LogP contribution in [-0.2, 0) is 0 Å². The lowest BCUT2D eigenvalue weighted by Gasteiger charge is -2.04. The van der Waals surface area contributed by atoms with E-state index in [0.29, 0.717) is 11.4 Å². The van der Waals surface area contributed by atoms with Crippen LogP contribution < -0.4 is 11.5 Å². The smallest absolute Gasteiger partial charge is 0.0578 e. The van der Waals surface area contributed by atoms with Crippen LogP contribution >= 0.6 is 12.6 Å². The SMILES string of the molecule is Cc1cc(C#CCCS)cc(N)c1N. The van der Waals surface area contributed by atoms with Crippen molar-refractivity contribution in [2.24, 2.45) is 0 Å². The number of thiol groups is 1. The van der Waals surface area contributed by atoms with Crippen LogP contribution in [-0.4, -0.2) is 5.75 Å². The molecule has 0 unspecified atom stereocenters. The van der Waals surface area contributed by atoms with Crippen LogP contribution in [0.2, 0.25) is 0 Å². The van der Waals surface area contributed by atoms with Gasteiger partial charge in [0.05, 0.1) is 11.4 Å². The summed E-state index contributed by atoms with van der Waals surface area (Å²) in [7, 11) is 0. The summed E-state index contributed by atoms with van der Waals surface area (Å²) in [5, 5.41) is 0. The monoisotopic (exact) mass is 206 g/mol. The summed E-state index contributed by atoms with van der Waals surface area (Å²) in [5.41, 5.74) is 14.6. The summed E-state index contributed by atoms with van der Waals surface area (Å²) in [6, 6.07) is 3.74. The quantitative estimate of drug-likeness (QED) is 0.373. The van der Waals surface area contributed by atoms with Crippen molar-refractivity contribution in [1.29, 1.82) is 0 Å². The van der Waals surface area contributed by atoms with Crippen LogP contribution in [0.4, 0.5) is 11.4 Å². The summed E-state index contributed by atoms with van der Waals surface area (Å²) in [6.07, 6.45) is 0.784. The minimum Gasteiger partial charge on any atom is -0.397 e. The lowest BCUT2D eigenvalue weighted by Crippen LogP contribution is -1.97. The van der Waals surface area contributed by atoms with E-state index in [1.54, 1.807) is 6.07 Å². The fraction of sp³-hybridized carbons (Fsp3) is 0.273. The van der Waals surface area contributed by atoms with Crippen LogP contribution in [0.1, 0.15) is 17.5 Å². The van der Waals surface area contributed by atoms with E-state index in [9.17, 15) is 0 Å². The lowest BCUT2D eigenvalue weighted by atomic mass is 10.1. The third-order valence-corrected chi connectivity index (χ3v) is 2.11. The predicted octanol–water partition coefficient (Wildman–Crippen LogP) is 1.83. The molecular formula is C11H14N2S. The van der Waals surface area contributed by atoms with E-state index < -0.39 is 0 Å². The molecule has 14 heavy (non-hydrogen) atoms. The lowest BCUT2D eigenvalue weighted by molar-refractivity contribution is 1.31. The van der Waals surface area contributed by atoms with Crippen molar-refractivity contribution in [3.05, 3.63) is 23.3 Å². The predicted molar refractivity (Wildman–Crippen MR) is 65.4 cm³/mol. The highest BCUT2D eigenvalue weighted by atomic mass is 32.1. The van der Waals surface area contributed by atoms with E-state index in [1.807, 2.05) is 13.0 Å². The van der Waals surface area contributed by atoms with E-state index in [4.69, 9.17) is 11.5 Å². The molecule has 0 saturated heterocycles. The Labute approximate surface area is 90.1 Å². The van der Waals surface area contributed by atoms with Crippen molar-refractivity contribution in [2.75, 3.05) is 17.2 Å². The first-order chi connectivity index (χ1) is 6.65. The van der Waals surface area contributed by atoms with Crippen molar-refractivity contribution in [1.82, 2.24) is 0 Å². The number of nitrogen functional groups attached to an aromatic ring is 2.